The van der Waals surface area contributed by atoms with Gasteiger partial charge in [0.05, 0.1) is 6.42 Å². The number of hydrogen-bond acceptors (Lipinski definition) is 4. The van der Waals surface area contributed by atoms with Gasteiger partial charge in [-0.1, -0.05) is 13.0 Å². The summed E-state index contributed by atoms with van der Waals surface area (Å²) in [6, 6.07) is 7.80. The van der Waals surface area contributed by atoms with Gasteiger partial charge in [-0.25, -0.2) is 9.97 Å². The second-order valence-electron chi connectivity index (χ2n) is 4.99. The molecule has 0 saturated carbocycles. The Morgan fingerprint density at radius 2 is 2.27 bits per heavy atom. The van der Waals surface area contributed by atoms with E-state index in [1.54, 1.807) is 17.5 Å². The van der Waals surface area contributed by atoms with Crippen molar-refractivity contribution in [2.45, 2.75) is 26.3 Å². The fourth-order valence-electron chi connectivity index (χ4n) is 2.45. The van der Waals surface area contributed by atoms with Crippen LogP contribution < -0.4 is 5.32 Å². The van der Waals surface area contributed by atoms with Crippen LogP contribution >= 0.6 is 11.3 Å². The van der Waals surface area contributed by atoms with Crippen molar-refractivity contribution < 1.29 is 4.79 Å². The minimum atomic E-state index is 0.0536. The Kier molecular flexibility index (Phi) is 4.48. The molecule has 0 aliphatic heterocycles. The summed E-state index contributed by atoms with van der Waals surface area (Å²) in [5, 5.41) is 4.95. The number of carbonyl (C=O) groups excluding carboxylic acids is 1. The van der Waals surface area contributed by atoms with E-state index in [0.29, 0.717) is 19.5 Å². The maximum absolute atomic E-state index is 11.9. The van der Waals surface area contributed by atoms with Crippen LogP contribution in [0.3, 0.4) is 0 Å². The fraction of sp³-hybridized carbons (Fsp3) is 0.312. The van der Waals surface area contributed by atoms with Crippen LogP contribution in [0.2, 0.25) is 0 Å². The van der Waals surface area contributed by atoms with Crippen molar-refractivity contribution in [3.05, 3.63) is 46.5 Å². The Hall–Kier alpha value is -2.21. The van der Waals surface area contributed by atoms with Gasteiger partial charge >= 0.3 is 0 Å². The molecular formula is C16H18N4OS. The molecule has 6 heteroatoms. The summed E-state index contributed by atoms with van der Waals surface area (Å²) in [7, 11) is 0. The lowest BCUT2D eigenvalue weighted by molar-refractivity contribution is -0.120. The van der Waals surface area contributed by atoms with Crippen LogP contribution in [0.1, 0.15) is 17.6 Å². The molecule has 0 aromatic carbocycles. The van der Waals surface area contributed by atoms with Crippen LogP contribution in [0.4, 0.5) is 0 Å². The summed E-state index contributed by atoms with van der Waals surface area (Å²) in [5.74, 6) is 1.05. The van der Waals surface area contributed by atoms with E-state index in [1.165, 1.54) is 0 Å². The number of aryl methyl sites for hydroxylation is 1. The zero-order valence-corrected chi connectivity index (χ0v) is 13.3. The highest BCUT2D eigenvalue weighted by atomic mass is 32.1. The number of imidazole rings is 1. The molecule has 1 N–H and O–H groups in total. The normalized spacial score (nSPS) is 11.0. The minimum Gasteiger partial charge on any atom is -0.354 e. The molecule has 3 aromatic rings. The van der Waals surface area contributed by atoms with E-state index in [-0.39, 0.29) is 5.91 Å². The third-order valence-corrected chi connectivity index (χ3v) is 4.35. The highest BCUT2D eigenvalue weighted by molar-refractivity contribution is 7.10. The average molecular weight is 314 g/mol. The number of fused-ring (bicyclic) bond motifs is 1. The van der Waals surface area contributed by atoms with Crippen LogP contribution in [-0.4, -0.2) is 27.0 Å². The number of nitrogens with one attached hydrogen (secondary N) is 1. The molecule has 0 spiro atoms. The Labute approximate surface area is 133 Å². The van der Waals surface area contributed by atoms with E-state index in [2.05, 4.69) is 26.8 Å². The molecule has 1 amide bonds. The minimum absolute atomic E-state index is 0.0536. The summed E-state index contributed by atoms with van der Waals surface area (Å²) < 4.78 is 2.08. The molecule has 0 atom stereocenters. The van der Waals surface area contributed by atoms with Gasteiger partial charge in [0.2, 0.25) is 5.91 Å². The molecule has 3 aromatic heterocycles. The van der Waals surface area contributed by atoms with Gasteiger partial charge in [-0.2, -0.15) is 0 Å². The molecule has 3 heterocycles. The summed E-state index contributed by atoms with van der Waals surface area (Å²) in [6.07, 6.45) is 3.07. The van der Waals surface area contributed by atoms with E-state index in [0.717, 1.165) is 28.3 Å². The van der Waals surface area contributed by atoms with Crippen molar-refractivity contribution in [1.29, 1.82) is 0 Å². The first-order valence-corrected chi connectivity index (χ1v) is 8.25. The number of nitrogens with zero attached hydrogens (tertiary/aromatic N) is 3. The molecule has 3 rings (SSSR count). The van der Waals surface area contributed by atoms with Crippen LogP contribution in [0.5, 0.6) is 0 Å². The summed E-state index contributed by atoms with van der Waals surface area (Å²) in [4.78, 5) is 22.0. The SMILES string of the molecule is CCc1nc2cccnc2n1CCNC(=O)Cc1cccs1. The monoisotopic (exact) mass is 314 g/mol. The van der Waals surface area contributed by atoms with Crippen LogP contribution in [0, 0.1) is 0 Å². The highest BCUT2D eigenvalue weighted by Crippen LogP contribution is 2.13. The first kappa shape index (κ1) is 14.7. The van der Waals surface area contributed by atoms with Crippen molar-refractivity contribution >= 4 is 28.4 Å². The molecule has 0 radical (unpaired) electrons. The Morgan fingerprint density at radius 1 is 1.36 bits per heavy atom. The van der Waals surface area contributed by atoms with Crippen molar-refractivity contribution in [3.63, 3.8) is 0 Å². The van der Waals surface area contributed by atoms with E-state index >= 15 is 0 Å². The predicted molar refractivity (Wildman–Crippen MR) is 87.9 cm³/mol. The highest BCUT2D eigenvalue weighted by Gasteiger charge is 2.10. The molecule has 0 aliphatic carbocycles. The van der Waals surface area contributed by atoms with Crippen molar-refractivity contribution in [1.82, 2.24) is 19.9 Å². The largest absolute Gasteiger partial charge is 0.354 e. The number of aromatic nitrogens is 3. The Morgan fingerprint density at radius 3 is 3.05 bits per heavy atom. The van der Waals surface area contributed by atoms with E-state index in [4.69, 9.17) is 0 Å². The lowest BCUT2D eigenvalue weighted by Gasteiger charge is -2.08. The molecule has 5 nitrogen and oxygen atoms in total. The van der Waals surface area contributed by atoms with Gasteiger partial charge in [-0.05, 0) is 23.6 Å². The second-order valence-corrected chi connectivity index (χ2v) is 6.02. The Balaban J connectivity index is 1.63. The molecule has 0 unspecified atom stereocenters. The number of carbonyl (C=O) groups is 1. The lowest BCUT2D eigenvalue weighted by atomic mass is 10.3. The van der Waals surface area contributed by atoms with Gasteiger partial charge in [0.25, 0.3) is 0 Å². The lowest BCUT2D eigenvalue weighted by Crippen LogP contribution is -2.28. The molecular weight excluding hydrogens is 296 g/mol. The van der Waals surface area contributed by atoms with Crippen molar-refractivity contribution in [2.75, 3.05) is 6.54 Å². The molecule has 0 bridgehead atoms. The number of amides is 1. The fourth-order valence-corrected chi connectivity index (χ4v) is 3.15. The van der Waals surface area contributed by atoms with Gasteiger partial charge in [0.15, 0.2) is 5.65 Å². The van der Waals surface area contributed by atoms with Gasteiger partial charge in [-0.15, -0.1) is 11.3 Å². The molecule has 22 heavy (non-hydrogen) atoms. The van der Waals surface area contributed by atoms with Gasteiger partial charge in [0, 0.05) is 30.6 Å². The van der Waals surface area contributed by atoms with Crippen LogP contribution in [0.25, 0.3) is 11.2 Å². The third-order valence-electron chi connectivity index (χ3n) is 3.47. The van der Waals surface area contributed by atoms with Crippen LogP contribution in [-0.2, 0) is 24.2 Å². The number of thiophene rings is 1. The van der Waals surface area contributed by atoms with E-state index in [1.807, 2.05) is 29.6 Å². The van der Waals surface area contributed by atoms with Gasteiger partial charge in [0.1, 0.15) is 11.3 Å². The molecule has 0 fully saturated rings. The maximum atomic E-state index is 11.9. The second kappa shape index (κ2) is 6.70. The van der Waals surface area contributed by atoms with Gasteiger partial charge < -0.3 is 9.88 Å². The first-order chi connectivity index (χ1) is 10.8. The summed E-state index contributed by atoms with van der Waals surface area (Å²) >= 11 is 1.60. The Bertz CT molecular complexity index is 764. The van der Waals surface area contributed by atoms with Crippen molar-refractivity contribution in [2.24, 2.45) is 0 Å². The van der Waals surface area contributed by atoms with E-state index in [9.17, 15) is 4.79 Å². The smallest absolute Gasteiger partial charge is 0.225 e. The molecule has 114 valence electrons. The van der Waals surface area contributed by atoms with Crippen molar-refractivity contribution in [3.8, 4) is 0 Å². The standard InChI is InChI=1S/C16H18N4OS/c1-2-14-19-13-6-3-7-18-16(13)20(14)9-8-17-15(21)11-12-5-4-10-22-12/h3-7,10H,2,8-9,11H2,1H3,(H,17,21). The van der Waals surface area contributed by atoms with Crippen LogP contribution in [0.15, 0.2) is 35.8 Å². The summed E-state index contributed by atoms with van der Waals surface area (Å²) in [5.41, 5.74) is 1.79. The zero-order chi connectivity index (χ0) is 15.4. The number of pyridine rings is 1. The predicted octanol–water partition coefficient (Wildman–Crippen LogP) is 2.41. The first-order valence-electron chi connectivity index (χ1n) is 7.37. The number of hydrogen-bond donors (Lipinski definition) is 1. The molecule has 0 saturated heterocycles. The summed E-state index contributed by atoms with van der Waals surface area (Å²) in [6.45, 7) is 3.35. The van der Waals surface area contributed by atoms with E-state index < -0.39 is 0 Å². The quantitative estimate of drug-likeness (QED) is 0.760. The zero-order valence-electron chi connectivity index (χ0n) is 12.5. The number of rotatable bonds is 6. The maximum Gasteiger partial charge on any atom is 0.225 e. The topological polar surface area (TPSA) is 59.8 Å². The van der Waals surface area contributed by atoms with Gasteiger partial charge in [-0.3, -0.25) is 4.79 Å². The average Bonchev–Trinajstić information content (AvgIpc) is 3.15. The third kappa shape index (κ3) is 3.17. The molecule has 0 aliphatic rings.